The summed E-state index contributed by atoms with van der Waals surface area (Å²) in [4.78, 5) is 11.8. The molecular weight excluding hydrogens is 252 g/mol. The molecule has 2 rings (SSSR count). The van der Waals surface area contributed by atoms with Gasteiger partial charge in [0, 0.05) is 31.8 Å². The number of ether oxygens (including phenoxy) is 1. The molecule has 0 radical (unpaired) electrons. The van der Waals surface area contributed by atoms with Gasteiger partial charge in [0.25, 0.3) is 0 Å². The number of rotatable bonds is 8. The molecule has 0 saturated heterocycles. The van der Waals surface area contributed by atoms with Crippen molar-refractivity contribution in [3.8, 4) is 0 Å². The van der Waals surface area contributed by atoms with E-state index < -0.39 is 0 Å². The number of methoxy groups -OCH3 is 1. The Morgan fingerprint density at radius 2 is 2.25 bits per heavy atom. The minimum atomic E-state index is 0.0428. The summed E-state index contributed by atoms with van der Waals surface area (Å²) in [6.07, 6.45) is 3.92. The summed E-state index contributed by atoms with van der Waals surface area (Å²) >= 11 is 0. The number of hydrogen-bond donors (Lipinski definition) is 2. The van der Waals surface area contributed by atoms with Crippen molar-refractivity contribution in [3.63, 3.8) is 0 Å². The molecule has 1 amide bonds. The molecule has 0 aliphatic heterocycles. The van der Waals surface area contributed by atoms with E-state index in [0.717, 1.165) is 18.7 Å². The number of benzene rings is 1. The van der Waals surface area contributed by atoms with E-state index in [1.54, 1.807) is 7.11 Å². The first-order chi connectivity index (χ1) is 9.67. The summed E-state index contributed by atoms with van der Waals surface area (Å²) in [6.45, 7) is 2.84. The van der Waals surface area contributed by atoms with E-state index >= 15 is 0 Å². The average molecular weight is 276 g/mol. The molecule has 1 aliphatic rings. The van der Waals surface area contributed by atoms with E-state index in [1.165, 1.54) is 18.4 Å². The normalized spacial score (nSPS) is 15.9. The zero-order chi connectivity index (χ0) is 14.4. The first kappa shape index (κ1) is 15.0. The van der Waals surface area contributed by atoms with Gasteiger partial charge in [-0.05, 0) is 43.9 Å². The van der Waals surface area contributed by atoms with Crippen molar-refractivity contribution in [2.45, 2.75) is 51.3 Å². The van der Waals surface area contributed by atoms with Gasteiger partial charge in [0.2, 0.25) is 5.91 Å². The molecule has 0 bridgehead atoms. The number of hydrogen-bond acceptors (Lipinski definition) is 3. The highest BCUT2D eigenvalue weighted by Crippen LogP contribution is 2.20. The lowest BCUT2D eigenvalue weighted by Crippen LogP contribution is -2.17. The fourth-order valence-corrected chi connectivity index (χ4v) is 1.98. The molecule has 4 heteroatoms. The Hall–Kier alpha value is -1.39. The Morgan fingerprint density at radius 3 is 2.95 bits per heavy atom. The summed E-state index contributed by atoms with van der Waals surface area (Å²) in [6, 6.07) is 8.73. The zero-order valence-corrected chi connectivity index (χ0v) is 12.3. The molecule has 4 nitrogen and oxygen atoms in total. The van der Waals surface area contributed by atoms with Gasteiger partial charge in [0.05, 0.1) is 6.10 Å². The second-order valence-electron chi connectivity index (χ2n) is 5.49. The van der Waals surface area contributed by atoms with Crippen molar-refractivity contribution in [2.24, 2.45) is 0 Å². The summed E-state index contributed by atoms with van der Waals surface area (Å²) in [5.41, 5.74) is 2.08. The molecule has 1 aromatic rings. The summed E-state index contributed by atoms with van der Waals surface area (Å²) in [5, 5.41) is 6.41. The molecule has 1 atom stereocenters. The largest absolute Gasteiger partial charge is 0.382 e. The molecule has 20 heavy (non-hydrogen) atoms. The average Bonchev–Trinajstić information content (AvgIpc) is 3.27. The minimum Gasteiger partial charge on any atom is -0.382 e. The predicted molar refractivity (Wildman–Crippen MR) is 80.6 cm³/mol. The quantitative estimate of drug-likeness (QED) is 0.767. The third-order valence-corrected chi connectivity index (χ3v) is 3.56. The van der Waals surface area contributed by atoms with Crippen molar-refractivity contribution >= 4 is 11.6 Å². The van der Waals surface area contributed by atoms with Crippen LogP contribution in [0.2, 0.25) is 0 Å². The lowest BCUT2D eigenvalue weighted by Gasteiger charge is -2.10. The Bertz CT molecular complexity index is 444. The smallest absolute Gasteiger partial charge is 0.224 e. The molecular formula is C16H24N2O2. The molecule has 1 saturated carbocycles. The third-order valence-electron chi connectivity index (χ3n) is 3.56. The van der Waals surface area contributed by atoms with Crippen molar-refractivity contribution in [2.75, 3.05) is 12.4 Å². The minimum absolute atomic E-state index is 0.0428. The van der Waals surface area contributed by atoms with E-state index in [-0.39, 0.29) is 12.0 Å². The van der Waals surface area contributed by atoms with Gasteiger partial charge < -0.3 is 15.4 Å². The first-order valence-corrected chi connectivity index (χ1v) is 7.32. The highest BCUT2D eigenvalue weighted by atomic mass is 16.5. The highest BCUT2D eigenvalue weighted by molar-refractivity contribution is 5.90. The summed E-state index contributed by atoms with van der Waals surface area (Å²) in [5.74, 6) is 0.0428. The van der Waals surface area contributed by atoms with Crippen LogP contribution in [-0.2, 0) is 16.1 Å². The lowest BCUT2D eigenvalue weighted by molar-refractivity contribution is -0.116. The predicted octanol–water partition coefficient (Wildman–Crippen LogP) is 2.69. The highest BCUT2D eigenvalue weighted by Gasteiger charge is 2.19. The molecule has 0 heterocycles. The van der Waals surface area contributed by atoms with Gasteiger partial charge >= 0.3 is 0 Å². The van der Waals surface area contributed by atoms with Crippen LogP contribution in [0.1, 0.15) is 38.2 Å². The monoisotopic (exact) mass is 276 g/mol. The van der Waals surface area contributed by atoms with Crippen LogP contribution in [0.5, 0.6) is 0 Å². The van der Waals surface area contributed by atoms with Crippen LogP contribution in [0, 0.1) is 0 Å². The summed E-state index contributed by atoms with van der Waals surface area (Å²) < 4.78 is 5.14. The molecule has 1 fully saturated rings. The molecule has 0 spiro atoms. The maximum absolute atomic E-state index is 11.8. The van der Waals surface area contributed by atoms with E-state index in [0.29, 0.717) is 12.5 Å². The molecule has 1 unspecified atom stereocenters. The molecule has 2 N–H and O–H groups in total. The van der Waals surface area contributed by atoms with Crippen molar-refractivity contribution < 1.29 is 9.53 Å². The standard InChI is InChI=1S/C16H24N2O2/c1-12(20-2)6-9-16(19)18-15-5-3-4-13(10-15)11-17-14-7-8-14/h3-5,10,12,14,17H,6-9,11H2,1-2H3,(H,18,19). The number of carbonyl (C=O) groups is 1. The third kappa shape index (κ3) is 5.31. The van der Waals surface area contributed by atoms with E-state index in [9.17, 15) is 4.79 Å². The van der Waals surface area contributed by atoms with Crippen LogP contribution < -0.4 is 10.6 Å². The van der Waals surface area contributed by atoms with Crippen molar-refractivity contribution in [3.05, 3.63) is 29.8 Å². The van der Waals surface area contributed by atoms with E-state index in [1.807, 2.05) is 25.1 Å². The second-order valence-corrected chi connectivity index (χ2v) is 5.49. The lowest BCUT2D eigenvalue weighted by atomic mass is 10.1. The fraction of sp³-hybridized carbons (Fsp3) is 0.562. The maximum atomic E-state index is 11.8. The van der Waals surface area contributed by atoms with Crippen LogP contribution in [-0.4, -0.2) is 25.2 Å². The Morgan fingerprint density at radius 1 is 1.45 bits per heavy atom. The fourth-order valence-electron chi connectivity index (χ4n) is 1.98. The van der Waals surface area contributed by atoms with Crippen LogP contribution >= 0.6 is 0 Å². The van der Waals surface area contributed by atoms with Gasteiger partial charge in [0.15, 0.2) is 0 Å². The van der Waals surface area contributed by atoms with E-state index in [4.69, 9.17) is 4.74 Å². The molecule has 1 aliphatic carbocycles. The van der Waals surface area contributed by atoms with Gasteiger partial charge in [-0.2, -0.15) is 0 Å². The number of anilines is 1. The second kappa shape index (κ2) is 7.41. The van der Waals surface area contributed by atoms with Crippen LogP contribution in [0.25, 0.3) is 0 Å². The maximum Gasteiger partial charge on any atom is 0.224 e. The number of amides is 1. The molecule has 1 aromatic carbocycles. The SMILES string of the molecule is COC(C)CCC(=O)Nc1cccc(CNC2CC2)c1. The van der Waals surface area contributed by atoms with Crippen LogP contribution in [0.4, 0.5) is 5.69 Å². The van der Waals surface area contributed by atoms with Gasteiger partial charge in [-0.1, -0.05) is 12.1 Å². The number of nitrogens with one attached hydrogen (secondary N) is 2. The van der Waals surface area contributed by atoms with Crippen molar-refractivity contribution in [1.82, 2.24) is 5.32 Å². The molecule has 0 aromatic heterocycles. The summed E-state index contributed by atoms with van der Waals surface area (Å²) in [7, 11) is 1.67. The topological polar surface area (TPSA) is 50.4 Å². The van der Waals surface area contributed by atoms with Crippen molar-refractivity contribution in [1.29, 1.82) is 0 Å². The van der Waals surface area contributed by atoms with Crippen LogP contribution in [0.3, 0.4) is 0 Å². The Labute approximate surface area is 120 Å². The van der Waals surface area contributed by atoms with E-state index in [2.05, 4.69) is 16.7 Å². The zero-order valence-electron chi connectivity index (χ0n) is 12.3. The Balaban J connectivity index is 1.78. The first-order valence-electron chi connectivity index (χ1n) is 7.32. The van der Waals surface area contributed by atoms with Gasteiger partial charge in [-0.3, -0.25) is 4.79 Å². The van der Waals surface area contributed by atoms with Gasteiger partial charge in [-0.15, -0.1) is 0 Å². The van der Waals surface area contributed by atoms with Gasteiger partial charge in [-0.25, -0.2) is 0 Å². The van der Waals surface area contributed by atoms with Crippen LogP contribution in [0.15, 0.2) is 24.3 Å². The molecule has 110 valence electrons. The van der Waals surface area contributed by atoms with Gasteiger partial charge in [0.1, 0.15) is 0 Å². The Kier molecular flexibility index (Phi) is 5.56. The number of carbonyl (C=O) groups excluding carboxylic acids is 1.